The molecular weight excluding hydrogens is 230 g/mol. The molecule has 0 saturated carbocycles. The molecule has 0 saturated heterocycles. The van der Waals surface area contributed by atoms with E-state index in [1.54, 1.807) is 0 Å². The van der Waals surface area contributed by atoms with E-state index in [4.69, 9.17) is 0 Å². The zero-order valence-corrected chi connectivity index (χ0v) is 8.35. The molecule has 0 spiro atoms. The number of halogens is 2. The number of para-hydroxylation sites is 1. The Morgan fingerprint density at radius 3 is 2.82 bits per heavy atom. The molecule has 0 aliphatic carbocycles. The largest absolute Gasteiger partial charge is 0.286 e. The second-order valence-electron chi connectivity index (χ2n) is 3.17. The van der Waals surface area contributed by atoms with Crippen molar-refractivity contribution >= 4 is 5.69 Å². The van der Waals surface area contributed by atoms with Crippen LogP contribution in [-0.2, 0) is 0 Å². The summed E-state index contributed by atoms with van der Waals surface area (Å²) in [5, 5.41) is 10.7. The Kier molecular flexibility index (Phi) is 2.78. The highest BCUT2D eigenvalue weighted by Crippen LogP contribution is 2.29. The van der Waals surface area contributed by atoms with E-state index in [9.17, 15) is 18.9 Å². The highest BCUT2D eigenvalue weighted by Gasteiger charge is 2.19. The predicted octanol–water partition coefficient (Wildman–Crippen LogP) is 2.74. The molecule has 1 radical (unpaired) electrons. The first-order valence-corrected chi connectivity index (χ1v) is 4.56. The van der Waals surface area contributed by atoms with Gasteiger partial charge >= 0.3 is 0 Å². The summed E-state index contributed by atoms with van der Waals surface area (Å²) in [7, 11) is 0. The van der Waals surface area contributed by atoms with E-state index in [-0.39, 0.29) is 11.3 Å². The van der Waals surface area contributed by atoms with Crippen molar-refractivity contribution in [2.24, 2.45) is 0 Å². The summed E-state index contributed by atoms with van der Waals surface area (Å²) in [6.45, 7) is 0. The lowest BCUT2D eigenvalue weighted by Crippen LogP contribution is -1.96. The van der Waals surface area contributed by atoms with Crippen LogP contribution in [0, 0.1) is 27.8 Å². The molecule has 2 rings (SSSR count). The standard InChI is InChI=1S/C11H5F2N2O2/c12-7-5-9(13)11(14-6-7)8-3-1-2-4-10(8)15(16)17/h1-3,5-6H. The fourth-order valence-electron chi connectivity index (χ4n) is 1.38. The third kappa shape index (κ3) is 2.10. The summed E-state index contributed by atoms with van der Waals surface area (Å²) >= 11 is 0. The number of benzene rings is 1. The van der Waals surface area contributed by atoms with E-state index < -0.39 is 22.2 Å². The van der Waals surface area contributed by atoms with Crippen LogP contribution in [0.1, 0.15) is 0 Å². The van der Waals surface area contributed by atoms with Gasteiger partial charge in [0.15, 0.2) is 5.82 Å². The highest BCUT2D eigenvalue weighted by atomic mass is 19.1. The maximum atomic E-state index is 13.4. The maximum absolute atomic E-state index is 13.4. The van der Waals surface area contributed by atoms with E-state index in [1.165, 1.54) is 18.2 Å². The lowest BCUT2D eigenvalue weighted by Gasteiger charge is -2.02. The number of nitrogens with zero attached hydrogens (tertiary/aromatic N) is 2. The zero-order chi connectivity index (χ0) is 12.4. The van der Waals surface area contributed by atoms with Gasteiger partial charge in [-0.1, -0.05) is 6.07 Å². The average Bonchev–Trinajstić information content (AvgIpc) is 2.29. The average molecular weight is 235 g/mol. The first-order chi connectivity index (χ1) is 8.09. The van der Waals surface area contributed by atoms with Gasteiger partial charge in [0.2, 0.25) is 0 Å². The normalized spacial score (nSPS) is 10.2. The van der Waals surface area contributed by atoms with Gasteiger partial charge in [0.05, 0.1) is 22.7 Å². The van der Waals surface area contributed by atoms with Crippen LogP contribution in [0.15, 0.2) is 30.5 Å². The second-order valence-corrected chi connectivity index (χ2v) is 3.17. The molecule has 0 amide bonds. The van der Waals surface area contributed by atoms with E-state index >= 15 is 0 Å². The van der Waals surface area contributed by atoms with Gasteiger partial charge < -0.3 is 0 Å². The fraction of sp³-hybridized carbons (Fsp3) is 0. The van der Waals surface area contributed by atoms with Crippen LogP contribution < -0.4 is 0 Å². The molecule has 0 unspecified atom stereocenters. The third-order valence-corrected chi connectivity index (χ3v) is 2.08. The summed E-state index contributed by atoms with van der Waals surface area (Å²) in [4.78, 5) is 13.5. The second kappa shape index (κ2) is 4.25. The molecule has 6 heteroatoms. The minimum atomic E-state index is -0.951. The first-order valence-electron chi connectivity index (χ1n) is 4.56. The Morgan fingerprint density at radius 1 is 1.41 bits per heavy atom. The van der Waals surface area contributed by atoms with Crippen LogP contribution in [-0.4, -0.2) is 9.91 Å². The van der Waals surface area contributed by atoms with Crippen LogP contribution in [0.4, 0.5) is 14.5 Å². The molecule has 0 aliphatic heterocycles. The van der Waals surface area contributed by atoms with Gasteiger partial charge in [0, 0.05) is 6.07 Å². The monoisotopic (exact) mass is 235 g/mol. The first kappa shape index (κ1) is 11.1. The third-order valence-electron chi connectivity index (χ3n) is 2.08. The predicted molar refractivity (Wildman–Crippen MR) is 55.1 cm³/mol. The van der Waals surface area contributed by atoms with Gasteiger partial charge in [-0.15, -0.1) is 0 Å². The molecule has 0 bridgehead atoms. The van der Waals surface area contributed by atoms with Gasteiger partial charge in [-0.2, -0.15) is 0 Å². The number of hydrogen-bond acceptors (Lipinski definition) is 3. The number of hydrogen-bond donors (Lipinski definition) is 0. The molecule has 1 aromatic heterocycles. The molecule has 0 N–H and O–H groups in total. The number of rotatable bonds is 2. The number of nitro groups is 1. The van der Waals surface area contributed by atoms with Gasteiger partial charge in [-0.25, -0.2) is 13.8 Å². The Morgan fingerprint density at radius 2 is 2.18 bits per heavy atom. The zero-order valence-electron chi connectivity index (χ0n) is 8.35. The molecule has 0 fully saturated rings. The van der Waals surface area contributed by atoms with Gasteiger partial charge in [0.1, 0.15) is 11.5 Å². The lowest BCUT2D eigenvalue weighted by molar-refractivity contribution is -0.384. The molecule has 85 valence electrons. The summed E-state index contributed by atoms with van der Waals surface area (Å²) < 4.78 is 26.1. The Labute approximate surface area is 94.7 Å². The molecule has 1 aromatic carbocycles. The minimum absolute atomic E-state index is 0.0324. The summed E-state index contributed by atoms with van der Waals surface area (Å²) in [6, 6.07) is 7.13. The quantitative estimate of drug-likeness (QED) is 0.594. The fourth-order valence-corrected chi connectivity index (χ4v) is 1.38. The topological polar surface area (TPSA) is 56.0 Å². The van der Waals surface area contributed by atoms with Crippen LogP contribution in [0.3, 0.4) is 0 Å². The van der Waals surface area contributed by atoms with E-state index in [0.29, 0.717) is 6.07 Å². The molecule has 0 atom stereocenters. The van der Waals surface area contributed by atoms with Crippen LogP contribution >= 0.6 is 0 Å². The van der Waals surface area contributed by atoms with E-state index in [0.717, 1.165) is 6.20 Å². The van der Waals surface area contributed by atoms with E-state index in [2.05, 4.69) is 11.1 Å². The maximum Gasteiger partial charge on any atom is 0.286 e. The summed E-state index contributed by atoms with van der Waals surface area (Å²) in [5.74, 6) is -1.79. The molecule has 4 nitrogen and oxygen atoms in total. The minimum Gasteiger partial charge on any atom is -0.258 e. The van der Waals surface area contributed by atoms with Crippen LogP contribution in [0.5, 0.6) is 0 Å². The number of pyridine rings is 1. The molecule has 17 heavy (non-hydrogen) atoms. The van der Waals surface area contributed by atoms with Crippen molar-refractivity contribution in [1.29, 1.82) is 0 Å². The van der Waals surface area contributed by atoms with Gasteiger partial charge in [-0.05, 0) is 12.1 Å². The highest BCUT2D eigenvalue weighted by molar-refractivity contribution is 5.70. The van der Waals surface area contributed by atoms with Crippen molar-refractivity contribution in [2.75, 3.05) is 0 Å². The summed E-state index contributed by atoms with van der Waals surface area (Å²) in [6.07, 6.45) is 0.801. The molecule has 2 aromatic rings. The van der Waals surface area contributed by atoms with Crippen molar-refractivity contribution in [3.05, 3.63) is 58.3 Å². The Bertz CT molecular complexity index is 587. The van der Waals surface area contributed by atoms with Crippen molar-refractivity contribution in [1.82, 2.24) is 4.98 Å². The Hall–Kier alpha value is -2.37. The molecule has 0 aliphatic rings. The number of nitro benzene ring substituents is 1. The molecular formula is C11H5F2N2O2. The summed E-state index contributed by atoms with van der Waals surface area (Å²) in [5.41, 5.74) is -0.699. The van der Waals surface area contributed by atoms with Crippen LogP contribution in [0.25, 0.3) is 11.3 Å². The van der Waals surface area contributed by atoms with Crippen molar-refractivity contribution in [2.45, 2.75) is 0 Å². The van der Waals surface area contributed by atoms with Crippen molar-refractivity contribution < 1.29 is 13.7 Å². The Balaban J connectivity index is 2.64. The van der Waals surface area contributed by atoms with Gasteiger partial charge in [-0.3, -0.25) is 10.1 Å². The lowest BCUT2D eigenvalue weighted by atomic mass is 10.1. The SMILES string of the molecule is O=[N+]([O-])c1[c]cccc1-c1ncc(F)cc1F. The van der Waals surface area contributed by atoms with Crippen molar-refractivity contribution in [3.8, 4) is 11.3 Å². The number of aromatic nitrogens is 1. The smallest absolute Gasteiger partial charge is 0.258 e. The van der Waals surface area contributed by atoms with Crippen LogP contribution in [0.2, 0.25) is 0 Å². The van der Waals surface area contributed by atoms with E-state index in [1.807, 2.05) is 0 Å². The van der Waals surface area contributed by atoms with Gasteiger partial charge in [0.25, 0.3) is 5.69 Å². The van der Waals surface area contributed by atoms with Crippen molar-refractivity contribution in [3.63, 3.8) is 0 Å². The molecule has 1 heterocycles.